The van der Waals surface area contributed by atoms with Gasteiger partial charge in [0.1, 0.15) is 0 Å². The molecule has 0 saturated heterocycles. The maximum atomic E-state index is 4.26. The Kier molecular flexibility index (Phi) is 3.26. The van der Waals surface area contributed by atoms with Crippen LogP contribution in [0.3, 0.4) is 0 Å². The zero-order chi connectivity index (χ0) is 10.5. The fourth-order valence-corrected chi connectivity index (χ4v) is 1.49. The van der Waals surface area contributed by atoms with E-state index in [4.69, 9.17) is 0 Å². The smallest absolute Gasteiger partial charge is 0.0702 e. The third-order valence-corrected chi connectivity index (χ3v) is 2.30. The zero-order valence-electron chi connectivity index (χ0n) is 8.27. The lowest BCUT2D eigenvalue weighted by Gasteiger charge is -1.96. The SMILES string of the molecule is SCCC#Cc1ccc2ncccc2c1. The van der Waals surface area contributed by atoms with Gasteiger partial charge in [-0.15, -0.1) is 0 Å². The first-order chi connectivity index (χ1) is 7.40. The fraction of sp³-hybridized carbons (Fsp3) is 0.154. The molecule has 2 rings (SSSR count). The van der Waals surface area contributed by atoms with Crippen molar-refractivity contribution in [3.63, 3.8) is 0 Å². The molecule has 0 unspecified atom stereocenters. The quantitative estimate of drug-likeness (QED) is 0.567. The molecule has 0 spiro atoms. The van der Waals surface area contributed by atoms with Crippen LogP contribution < -0.4 is 0 Å². The number of hydrogen-bond donors (Lipinski definition) is 1. The monoisotopic (exact) mass is 213 g/mol. The predicted octanol–water partition coefficient (Wildman–Crippen LogP) is 2.91. The largest absolute Gasteiger partial charge is 0.256 e. The van der Waals surface area contributed by atoms with Crippen LogP contribution in [0.25, 0.3) is 10.9 Å². The van der Waals surface area contributed by atoms with Gasteiger partial charge in [0.15, 0.2) is 0 Å². The van der Waals surface area contributed by atoms with Gasteiger partial charge in [0.2, 0.25) is 0 Å². The Labute approximate surface area is 94.9 Å². The molecule has 0 aliphatic rings. The van der Waals surface area contributed by atoms with Crippen molar-refractivity contribution in [2.24, 2.45) is 0 Å². The highest BCUT2D eigenvalue weighted by atomic mass is 32.1. The second-order valence-electron chi connectivity index (χ2n) is 3.19. The van der Waals surface area contributed by atoms with E-state index in [2.05, 4.69) is 35.5 Å². The Hall–Kier alpha value is -1.46. The standard InChI is InChI=1S/C13H11NS/c15-9-2-1-4-11-6-7-13-12(10-11)5-3-8-14-13/h3,5-8,10,15H,2,9H2. The van der Waals surface area contributed by atoms with Crippen LogP contribution in [0.1, 0.15) is 12.0 Å². The summed E-state index contributed by atoms with van der Waals surface area (Å²) in [7, 11) is 0. The number of rotatable bonds is 1. The van der Waals surface area contributed by atoms with Crippen molar-refractivity contribution in [1.82, 2.24) is 4.98 Å². The summed E-state index contributed by atoms with van der Waals surface area (Å²) in [6.07, 6.45) is 2.63. The molecular formula is C13H11NS. The van der Waals surface area contributed by atoms with Crippen molar-refractivity contribution in [3.05, 3.63) is 42.1 Å². The second-order valence-corrected chi connectivity index (χ2v) is 3.63. The van der Waals surface area contributed by atoms with Gasteiger partial charge >= 0.3 is 0 Å². The predicted molar refractivity (Wildman–Crippen MR) is 67.1 cm³/mol. The van der Waals surface area contributed by atoms with E-state index >= 15 is 0 Å². The molecule has 1 heterocycles. The minimum Gasteiger partial charge on any atom is -0.256 e. The Morgan fingerprint density at radius 2 is 2.20 bits per heavy atom. The third kappa shape index (κ3) is 2.51. The number of fused-ring (bicyclic) bond motifs is 1. The van der Waals surface area contributed by atoms with E-state index in [1.165, 1.54) is 0 Å². The van der Waals surface area contributed by atoms with Gasteiger partial charge < -0.3 is 0 Å². The molecule has 1 aromatic heterocycles. The molecule has 0 radical (unpaired) electrons. The fourth-order valence-electron chi connectivity index (χ4n) is 1.37. The van der Waals surface area contributed by atoms with E-state index < -0.39 is 0 Å². The lowest BCUT2D eigenvalue weighted by Crippen LogP contribution is -1.79. The summed E-state index contributed by atoms with van der Waals surface area (Å²) in [5.74, 6) is 6.99. The highest BCUT2D eigenvalue weighted by Gasteiger charge is 1.93. The number of aromatic nitrogens is 1. The lowest BCUT2D eigenvalue weighted by molar-refractivity contribution is 1.31. The average Bonchev–Trinajstić information content (AvgIpc) is 2.29. The molecule has 0 saturated carbocycles. The van der Waals surface area contributed by atoms with Crippen molar-refractivity contribution < 1.29 is 0 Å². The van der Waals surface area contributed by atoms with E-state index in [0.29, 0.717) is 0 Å². The Morgan fingerprint density at radius 3 is 3.07 bits per heavy atom. The maximum Gasteiger partial charge on any atom is 0.0702 e. The normalized spacial score (nSPS) is 9.67. The van der Waals surface area contributed by atoms with Crippen molar-refractivity contribution in [1.29, 1.82) is 0 Å². The van der Waals surface area contributed by atoms with Gasteiger partial charge in [0.25, 0.3) is 0 Å². The van der Waals surface area contributed by atoms with E-state index in [9.17, 15) is 0 Å². The molecule has 0 fully saturated rings. The van der Waals surface area contributed by atoms with Crippen LogP contribution in [0, 0.1) is 11.8 Å². The molecular weight excluding hydrogens is 202 g/mol. The molecule has 0 atom stereocenters. The van der Waals surface area contributed by atoms with Gasteiger partial charge in [-0.3, -0.25) is 4.98 Å². The zero-order valence-corrected chi connectivity index (χ0v) is 9.17. The minimum absolute atomic E-state index is 0.808. The highest BCUT2D eigenvalue weighted by Crippen LogP contribution is 2.12. The van der Waals surface area contributed by atoms with Crippen LogP contribution in [0.2, 0.25) is 0 Å². The van der Waals surface area contributed by atoms with Crippen LogP contribution in [0.15, 0.2) is 36.5 Å². The molecule has 2 heteroatoms. The van der Waals surface area contributed by atoms with Crippen LogP contribution in [-0.4, -0.2) is 10.7 Å². The van der Waals surface area contributed by atoms with Crippen molar-refractivity contribution in [2.45, 2.75) is 6.42 Å². The summed E-state index contributed by atoms with van der Waals surface area (Å²) in [6.45, 7) is 0. The van der Waals surface area contributed by atoms with Gasteiger partial charge in [-0.25, -0.2) is 0 Å². The highest BCUT2D eigenvalue weighted by molar-refractivity contribution is 7.80. The molecule has 0 aliphatic carbocycles. The minimum atomic E-state index is 0.808. The third-order valence-electron chi connectivity index (χ3n) is 2.07. The summed E-state index contributed by atoms with van der Waals surface area (Å²) in [5.41, 5.74) is 2.05. The molecule has 0 amide bonds. The van der Waals surface area contributed by atoms with E-state index in [1.54, 1.807) is 6.20 Å². The topological polar surface area (TPSA) is 12.9 Å². The molecule has 0 bridgehead atoms. The number of benzene rings is 1. The summed E-state index contributed by atoms with van der Waals surface area (Å²) >= 11 is 4.11. The van der Waals surface area contributed by atoms with Crippen molar-refractivity contribution in [3.8, 4) is 11.8 Å². The number of thiol groups is 1. The second kappa shape index (κ2) is 4.86. The number of pyridine rings is 1. The molecule has 74 valence electrons. The first-order valence-corrected chi connectivity index (χ1v) is 5.48. The average molecular weight is 213 g/mol. The van der Waals surface area contributed by atoms with Gasteiger partial charge in [0.05, 0.1) is 5.52 Å². The van der Waals surface area contributed by atoms with Gasteiger partial charge in [-0.1, -0.05) is 17.9 Å². The summed E-state index contributed by atoms with van der Waals surface area (Å²) in [4.78, 5) is 4.26. The van der Waals surface area contributed by atoms with E-state index in [0.717, 1.165) is 28.6 Å². The van der Waals surface area contributed by atoms with Crippen LogP contribution in [0.5, 0.6) is 0 Å². The van der Waals surface area contributed by atoms with Crippen LogP contribution in [0.4, 0.5) is 0 Å². The van der Waals surface area contributed by atoms with E-state index in [1.807, 2.05) is 24.3 Å². The van der Waals surface area contributed by atoms with Crippen LogP contribution in [-0.2, 0) is 0 Å². The maximum absolute atomic E-state index is 4.26. The van der Waals surface area contributed by atoms with Gasteiger partial charge in [-0.2, -0.15) is 12.6 Å². The molecule has 15 heavy (non-hydrogen) atoms. The van der Waals surface area contributed by atoms with Gasteiger partial charge in [0, 0.05) is 29.3 Å². The number of nitrogens with zero attached hydrogens (tertiary/aromatic N) is 1. The summed E-state index contributed by atoms with van der Waals surface area (Å²) < 4.78 is 0. The summed E-state index contributed by atoms with van der Waals surface area (Å²) in [6, 6.07) is 10.0. The van der Waals surface area contributed by atoms with E-state index in [-0.39, 0.29) is 0 Å². The lowest BCUT2D eigenvalue weighted by atomic mass is 10.1. The molecule has 0 N–H and O–H groups in total. The Bertz CT molecular complexity index is 523. The van der Waals surface area contributed by atoms with Crippen LogP contribution >= 0.6 is 12.6 Å². The first kappa shape index (κ1) is 10.1. The van der Waals surface area contributed by atoms with Crippen molar-refractivity contribution in [2.75, 3.05) is 5.75 Å². The summed E-state index contributed by atoms with van der Waals surface area (Å²) in [5, 5.41) is 1.13. The Balaban J connectivity index is 2.36. The Morgan fingerprint density at radius 1 is 1.27 bits per heavy atom. The molecule has 0 aliphatic heterocycles. The molecule has 1 nitrogen and oxygen atoms in total. The van der Waals surface area contributed by atoms with Gasteiger partial charge in [-0.05, 0) is 24.3 Å². The number of hydrogen-bond acceptors (Lipinski definition) is 2. The molecule has 2 aromatic rings. The van der Waals surface area contributed by atoms with Crippen molar-refractivity contribution >= 4 is 23.5 Å². The molecule has 1 aromatic carbocycles. The first-order valence-electron chi connectivity index (χ1n) is 4.84.